The molecule has 3 N–H and O–H groups in total. The number of nitrogens with one attached hydrogen (secondary N) is 2. The minimum absolute atomic E-state index is 0.127. The van der Waals surface area contributed by atoms with Gasteiger partial charge < -0.3 is 15.7 Å². The molecule has 140 valence electrons. The van der Waals surface area contributed by atoms with E-state index in [4.69, 9.17) is 0 Å². The van der Waals surface area contributed by atoms with Crippen molar-refractivity contribution < 1.29 is 9.90 Å². The summed E-state index contributed by atoms with van der Waals surface area (Å²) in [4.78, 5) is 25.1. The molecule has 1 amide bonds. The van der Waals surface area contributed by atoms with Crippen molar-refractivity contribution in [2.75, 3.05) is 11.9 Å². The molecule has 0 aliphatic carbocycles. The molecular weight excluding hydrogens is 374 g/mol. The molecule has 0 bridgehead atoms. The van der Waals surface area contributed by atoms with Crippen molar-refractivity contribution in [1.29, 1.82) is 0 Å². The van der Waals surface area contributed by atoms with Gasteiger partial charge in [-0.15, -0.1) is 0 Å². The number of hydrogen-bond donors (Lipinski definition) is 3. The van der Waals surface area contributed by atoms with Gasteiger partial charge in [-0.3, -0.25) is 9.78 Å². The summed E-state index contributed by atoms with van der Waals surface area (Å²) < 4.78 is 0.914. The van der Waals surface area contributed by atoms with Crippen LogP contribution in [0.5, 0.6) is 5.75 Å². The van der Waals surface area contributed by atoms with E-state index >= 15 is 0 Å². The van der Waals surface area contributed by atoms with Gasteiger partial charge in [0.15, 0.2) is 10.9 Å². The Morgan fingerprint density at radius 1 is 1.11 bits per heavy atom. The first kappa shape index (κ1) is 17.9. The van der Waals surface area contributed by atoms with E-state index in [1.54, 1.807) is 36.8 Å². The lowest BCUT2D eigenvalue weighted by atomic mass is 10.1. The number of nitrogens with zero attached hydrogens (tertiary/aromatic N) is 3. The summed E-state index contributed by atoms with van der Waals surface area (Å²) in [6, 6.07) is 12.4. The summed E-state index contributed by atoms with van der Waals surface area (Å²) in [7, 11) is 0. The van der Waals surface area contributed by atoms with Gasteiger partial charge in [0.05, 0.1) is 16.4 Å². The maximum absolute atomic E-state index is 12.4. The number of phenols is 1. The summed E-state index contributed by atoms with van der Waals surface area (Å²) in [5.74, 6) is 0.727. The molecule has 28 heavy (non-hydrogen) atoms. The largest absolute Gasteiger partial charge is 0.508 e. The second kappa shape index (κ2) is 8.01. The normalized spacial score (nSPS) is 10.7. The van der Waals surface area contributed by atoms with Crippen LogP contribution in [0.2, 0.25) is 0 Å². The number of anilines is 2. The fraction of sp³-hybridized carbons (Fsp3) is 0.100. The van der Waals surface area contributed by atoms with E-state index in [1.807, 2.05) is 24.3 Å². The number of hydrogen-bond acceptors (Lipinski definition) is 7. The lowest BCUT2D eigenvalue weighted by Gasteiger charge is -2.05. The molecule has 7 nitrogen and oxygen atoms in total. The SMILES string of the molecule is O=C(NCCc1ccc(O)cc1)c1ccc2nc(Nc3cnccn3)sc2c1. The maximum Gasteiger partial charge on any atom is 0.251 e. The summed E-state index contributed by atoms with van der Waals surface area (Å²) in [5, 5.41) is 16.0. The Hall–Kier alpha value is -3.52. The zero-order valence-electron chi connectivity index (χ0n) is 14.8. The van der Waals surface area contributed by atoms with E-state index in [1.165, 1.54) is 11.3 Å². The highest BCUT2D eigenvalue weighted by Gasteiger charge is 2.10. The Kier molecular flexibility index (Phi) is 5.11. The highest BCUT2D eigenvalue weighted by molar-refractivity contribution is 7.22. The Bertz CT molecular complexity index is 1100. The number of phenolic OH excluding ortho intramolecular Hbond substituents is 1. The molecule has 0 saturated carbocycles. The van der Waals surface area contributed by atoms with E-state index in [0.29, 0.717) is 29.5 Å². The van der Waals surface area contributed by atoms with Crippen LogP contribution in [0.3, 0.4) is 0 Å². The summed E-state index contributed by atoms with van der Waals surface area (Å²) in [6.07, 6.45) is 5.53. The third-order valence-electron chi connectivity index (χ3n) is 4.08. The van der Waals surface area contributed by atoms with Crippen molar-refractivity contribution in [3.8, 4) is 5.75 Å². The Balaban J connectivity index is 1.40. The van der Waals surface area contributed by atoms with E-state index in [-0.39, 0.29) is 11.7 Å². The van der Waals surface area contributed by atoms with Gasteiger partial charge in [-0.2, -0.15) is 0 Å². The van der Waals surface area contributed by atoms with Crippen LogP contribution in [0, 0.1) is 0 Å². The number of aromatic hydroxyl groups is 1. The van der Waals surface area contributed by atoms with Gasteiger partial charge in [0.1, 0.15) is 5.75 Å². The number of benzene rings is 2. The summed E-state index contributed by atoms with van der Waals surface area (Å²) >= 11 is 1.45. The smallest absolute Gasteiger partial charge is 0.251 e. The predicted octanol–water partition coefficient (Wildman–Crippen LogP) is 3.51. The van der Waals surface area contributed by atoms with Gasteiger partial charge in [0, 0.05) is 24.5 Å². The molecule has 0 spiro atoms. The van der Waals surface area contributed by atoms with Crippen molar-refractivity contribution in [3.05, 3.63) is 72.2 Å². The lowest BCUT2D eigenvalue weighted by molar-refractivity contribution is 0.0954. The molecule has 8 heteroatoms. The fourth-order valence-electron chi connectivity index (χ4n) is 2.68. The lowest BCUT2D eigenvalue weighted by Crippen LogP contribution is -2.25. The third-order valence-corrected chi connectivity index (χ3v) is 5.02. The molecular formula is C20H17N5O2S. The minimum atomic E-state index is -0.127. The fourth-order valence-corrected chi connectivity index (χ4v) is 3.59. The van der Waals surface area contributed by atoms with Crippen molar-refractivity contribution >= 4 is 38.4 Å². The van der Waals surface area contributed by atoms with Crippen LogP contribution in [-0.4, -0.2) is 32.5 Å². The van der Waals surface area contributed by atoms with Gasteiger partial charge in [0.2, 0.25) is 0 Å². The number of amides is 1. The van der Waals surface area contributed by atoms with Crippen LogP contribution in [-0.2, 0) is 6.42 Å². The van der Waals surface area contributed by atoms with Crippen LogP contribution in [0.25, 0.3) is 10.2 Å². The highest BCUT2D eigenvalue weighted by Crippen LogP contribution is 2.28. The number of thiazole rings is 1. The van der Waals surface area contributed by atoms with Crippen LogP contribution in [0.1, 0.15) is 15.9 Å². The Morgan fingerprint density at radius 2 is 1.96 bits per heavy atom. The topological polar surface area (TPSA) is 100 Å². The number of fused-ring (bicyclic) bond motifs is 1. The first-order chi connectivity index (χ1) is 13.7. The summed E-state index contributed by atoms with van der Waals surface area (Å²) in [6.45, 7) is 0.518. The van der Waals surface area contributed by atoms with E-state index < -0.39 is 0 Å². The zero-order valence-corrected chi connectivity index (χ0v) is 15.6. The Morgan fingerprint density at radius 3 is 2.75 bits per heavy atom. The highest BCUT2D eigenvalue weighted by atomic mass is 32.1. The molecule has 2 aromatic carbocycles. The van der Waals surface area contributed by atoms with Crippen LogP contribution >= 0.6 is 11.3 Å². The number of rotatable bonds is 6. The first-order valence-electron chi connectivity index (χ1n) is 8.67. The predicted molar refractivity (Wildman–Crippen MR) is 109 cm³/mol. The number of carbonyl (C=O) groups excluding carboxylic acids is 1. The van der Waals surface area contributed by atoms with Gasteiger partial charge in [-0.25, -0.2) is 9.97 Å². The number of carbonyl (C=O) groups is 1. The molecule has 2 aromatic heterocycles. The molecule has 4 aromatic rings. The molecule has 0 radical (unpaired) electrons. The molecule has 2 heterocycles. The van der Waals surface area contributed by atoms with E-state index in [9.17, 15) is 9.90 Å². The van der Waals surface area contributed by atoms with Gasteiger partial charge in [0.25, 0.3) is 5.91 Å². The van der Waals surface area contributed by atoms with Crippen LogP contribution in [0.4, 0.5) is 10.9 Å². The second-order valence-electron chi connectivity index (χ2n) is 6.09. The molecule has 4 rings (SSSR count). The van der Waals surface area contributed by atoms with Crippen molar-refractivity contribution in [2.24, 2.45) is 0 Å². The second-order valence-corrected chi connectivity index (χ2v) is 7.12. The average molecular weight is 391 g/mol. The Labute approximate surface area is 165 Å². The molecule has 0 aliphatic rings. The van der Waals surface area contributed by atoms with Crippen LogP contribution in [0.15, 0.2) is 61.1 Å². The quantitative estimate of drug-likeness (QED) is 0.465. The summed E-state index contributed by atoms with van der Waals surface area (Å²) in [5.41, 5.74) is 2.46. The third kappa shape index (κ3) is 4.24. The van der Waals surface area contributed by atoms with Crippen molar-refractivity contribution in [3.63, 3.8) is 0 Å². The zero-order chi connectivity index (χ0) is 19.3. The number of aromatic nitrogens is 3. The maximum atomic E-state index is 12.4. The first-order valence-corrected chi connectivity index (χ1v) is 9.49. The average Bonchev–Trinajstić information content (AvgIpc) is 3.11. The van der Waals surface area contributed by atoms with Crippen LogP contribution < -0.4 is 10.6 Å². The van der Waals surface area contributed by atoms with Crippen molar-refractivity contribution in [2.45, 2.75) is 6.42 Å². The van der Waals surface area contributed by atoms with Gasteiger partial charge in [-0.1, -0.05) is 23.5 Å². The van der Waals surface area contributed by atoms with Crippen molar-refractivity contribution in [1.82, 2.24) is 20.3 Å². The molecule has 0 saturated heterocycles. The molecule has 0 unspecified atom stereocenters. The van der Waals surface area contributed by atoms with E-state index in [0.717, 1.165) is 15.8 Å². The molecule has 0 atom stereocenters. The molecule has 0 aliphatic heterocycles. The minimum Gasteiger partial charge on any atom is -0.508 e. The van der Waals surface area contributed by atoms with Gasteiger partial charge >= 0.3 is 0 Å². The molecule has 0 fully saturated rings. The monoisotopic (exact) mass is 391 g/mol. The van der Waals surface area contributed by atoms with Gasteiger partial charge in [-0.05, 0) is 42.3 Å². The van der Waals surface area contributed by atoms with E-state index in [2.05, 4.69) is 25.6 Å². The standard InChI is InChI=1S/C20H17N5O2S/c26-15-4-1-13(2-5-15)7-8-23-19(27)14-3-6-16-17(11-14)28-20(24-16)25-18-12-21-9-10-22-18/h1-6,9-12,26H,7-8H2,(H,23,27)(H,22,24,25).